The molecule has 1 heterocycles. The summed E-state index contributed by atoms with van der Waals surface area (Å²) >= 11 is 0. The van der Waals surface area contributed by atoms with Gasteiger partial charge in [0.2, 0.25) is 0 Å². The predicted molar refractivity (Wildman–Crippen MR) is 79.7 cm³/mol. The lowest BCUT2D eigenvalue weighted by molar-refractivity contribution is -0.261. The number of ether oxygens (including phenoxy) is 2. The van der Waals surface area contributed by atoms with E-state index in [1.807, 2.05) is 0 Å². The average Bonchev–Trinajstić information content (AvgIpc) is 3.13. The smallest absolute Gasteiger partial charge is 0.432 e. The maximum absolute atomic E-state index is 13.7. The zero-order chi connectivity index (χ0) is 22.1. The van der Waals surface area contributed by atoms with Crippen LogP contribution in [0.3, 0.4) is 0 Å². The van der Waals surface area contributed by atoms with Crippen molar-refractivity contribution in [2.24, 2.45) is 29.6 Å². The number of fused-ring (bicyclic) bond motifs is 1. The molecule has 164 valence electrons. The molecule has 0 spiro atoms. The molecule has 8 nitrogen and oxygen atoms in total. The number of hydrogen-bond acceptors (Lipinski definition) is 7. The Kier molecular flexibility index (Phi) is 4.97. The first-order valence-electron chi connectivity index (χ1n) is 8.39. The summed E-state index contributed by atoms with van der Waals surface area (Å²) in [5.41, 5.74) is 0. The van der Waals surface area contributed by atoms with Gasteiger partial charge in [0.25, 0.3) is 6.10 Å². The highest BCUT2D eigenvalue weighted by Crippen LogP contribution is 2.61. The number of carbonyl (C=O) groups excluding carboxylic acids is 3. The molecule has 1 N–H and O–H groups in total. The largest absolute Gasteiger partial charge is 0.461 e. The third-order valence-corrected chi connectivity index (χ3v) is 6.65. The first kappa shape index (κ1) is 21.9. The van der Waals surface area contributed by atoms with E-state index in [9.17, 15) is 44.8 Å². The minimum atomic E-state index is -6.58. The van der Waals surface area contributed by atoms with E-state index < -0.39 is 75.3 Å². The Labute approximate surface area is 160 Å². The van der Waals surface area contributed by atoms with E-state index in [1.165, 1.54) is 6.92 Å². The van der Waals surface area contributed by atoms with E-state index in [1.54, 1.807) is 0 Å². The lowest BCUT2D eigenvalue weighted by Gasteiger charge is -2.32. The quantitative estimate of drug-likeness (QED) is 0.365. The minimum Gasteiger partial charge on any atom is -0.461 e. The van der Waals surface area contributed by atoms with Crippen LogP contribution in [0.25, 0.3) is 0 Å². The molecule has 0 aromatic rings. The minimum absolute atomic E-state index is 0.139. The number of Topliss-reactive ketones (excluding diaryl/α,β-unsaturated/α-hetero) is 1. The summed E-state index contributed by atoms with van der Waals surface area (Å²) in [6.07, 6.45) is -11.2. The molecule has 0 aromatic heterocycles. The molecular weight excluding hydrogens is 435 g/mol. The van der Waals surface area contributed by atoms with E-state index in [0.717, 1.165) is 0 Å². The molecular formula is C15H15F5O8S. The molecule has 7 atom stereocenters. The molecule has 14 heteroatoms. The van der Waals surface area contributed by atoms with Crippen molar-refractivity contribution in [3.8, 4) is 0 Å². The van der Waals surface area contributed by atoms with Crippen LogP contribution in [0.15, 0.2) is 0 Å². The molecule has 2 bridgehead atoms. The number of carbonyl (C=O) groups is 3. The van der Waals surface area contributed by atoms with E-state index in [0.29, 0.717) is 0 Å². The van der Waals surface area contributed by atoms with E-state index in [2.05, 4.69) is 4.74 Å². The van der Waals surface area contributed by atoms with Crippen molar-refractivity contribution >= 4 is 27.8 Å². The zero-order valence-corrected chi connectivity index (χ0v) is 15.4. The second-order valence-electron chi connectivity index (χ2n) is 7.48. The fraction of sp³-hybridized carbons (Fsp3) is 0.800. The van der Waals surface area contributed by atoms with Crippen LogP contribution in [0.4, 0.5) is 22.0 Å². The number of esters is 2. The van der Waals surface area contributed by atoms with E-state index >= 15 is 0 Å². The van der Waals surface area contributed by atoms with Crippen LogP contribution in [0.5, 0.6) is 0 Å². The molecule has 0 amide bonds. The highest BCUT2D eigenvalue weighted by atomic mass is 32.2. The lowest BCUT2D eigenvalue weighted by Crippen LogP contribution is -2.53. The summed E-state index contributed by atoms with van der Waals surface area (Å²) < 4.78 is 105. The van der Waals surface area contributed by atoms with Gasteiger partial charge in [-0.3, -0.25) is 14.1 Å². The van der Waals surface area contributed by atoms with Gasteiger partial charge in [0.05, 0.1) is 11.8 Å². The Morgan fingerprint density at radius 2 is 1.83 bits per heavy atom. The maximum Gasteiger partial charge on any atom is 0.432 e. The van der Waals surface area contributed by atoms with Crippen LogP contribution >= 0.6 is 0 Å². The summed E-state index contributed by atoms with van der Waals surface area (Å²) in [4.78, 5) is 35.9. The summed E-state index contributed by atoms with van der Waals surface area (Å²) in [7, 11) is -6.58. The molecule has 0 aromatic carbocycles. The SMILES string of the molecule is CC(=O)CC1C2CC3C1OC(=O)C3C2C(=O)OC(C(F)(F)F)C(F)(F)S(=O)(=O)O. The van der Waals surface area contributed by atoms with Crippen molar-refractivity contribution in [3.05, 3.63) is 0 Å². The van der Waals surface area contributed by atoms with Gasteiger partial charge in [-0.05, 0) is 19.3 Å². The van der Waals surface area contributed by atoms with Crippen molar-refractivity contribution < 1.29 is 58.8 Å². The number of hydrogen-bond donors (Lipinski definition) is 1. The van der Waals surface area contributed by atoms with Crippen molar-refractivity contribution in [1.29, 1.82) is 0 Å². The molecule has 2 aliphatic carbocycles. The first-order valence-corrected chi connectivity index (χ1v) is 9.83. The Morgan fingerprint density at radius 1 is 1.24 bits per heavy atom. The van der Waals surface area contributed by atoms with Gasteiger partial charge in [-0.2, -0.15) is 30.4 Å². The van der Waals surface area contributed by atoms with Gasteiger partial charge in [-0.25, -0.2) is 0 Å². The van der Waals surface area contributed by atoms with Crippen LogP contribution in [0.2, 0.25) is 0 Å². The standard InChI is InChI=1S/C15H15F5O8S/c1-4(21)2-6-5-3-7-9(11(22)27-10(6)7)8(5)12(23)28-13(14(16,17)18)15(19,20)29(24,25)26/h5-10,13H,2-3H2,1H3,(H,24,25,26). The number of ketones is 1. The fourth-order valence-corrected chi connectivity index (χ4v) is 5.22. The van der Waals surface area contributed by atoms with E-state index in [4.69, 9.17) is 9.29 Å². The van der Waals surface area contributed by atoms with Gasteiger partial charge in [0, 0.05) is 18.3 Å². The second-order valence-corrected chi connectivity index (χ2v) is 8.98. The summed E-state index contributed by atoms with van der Waals surface area (Å²) in [5, 5.41) is -5.87. The first-order chi connectivity index (χ1) is 13.1. The van der Waals surface area contributed by atoms with Crippen LogP contribution in [-0.4, -0.2) is 54.3 Å². The topological polar surface area (TPSA) is 124 Å². The number of halogens is 5. The van der Waals surface area contributed by atoms with E-state index in [-0.39, 0.29) is 18.6 Å². The monoisotopic (exact) mass is 450 g/mol. The van der Waals surface area contributed by atoms with Crippen molar-refractivity contribution in [1.82, 2.24) is 0 Å². The molecule has 3 rings (SSSR count). The van der Waals surface area contributed by atoms with Crippen molar-refractivity contribution in [2.75, 3.05) is 0 Å². The van der Waals surface area contributed by atoms with Gasteiger partial charge in [0.1, 0.15) is 11.9 Å². The zero-order valence-electron chi connectivity index (χ0n) is 14.6. The normalized spacial score (nSPS) is 34.8. The number of rotatable bonds is 6. The Balaban J connectivity index is 1.91. The van der Waals surface area contributed by atoms with Gasteiger partial charge < -0.3 is 14.3 Å². The van der Waals surface area contributed by atoms with Crippen LogP contribution in [-0.2, 0) is 34.0 Å². The molecule has 1 aliphatic heterocycles. The second kappa shape index (κ2) is 6.59. The summed E-state index contributed by atoms with van der Waals surface area (Å²) in [6.45, 7) is 1.22. The number of alkyl halides is 5. The predicted octanol–water partition coefficient (Wildman–Crippen LogP) is 1.34. The molecule has 3 aliphatic rings. The summed E-state index contributed by atoms with van der Waals surface area (Å²) in [5.74, 6) is -8.04. The summed E-state index contributed by atoms with van der Waals surface area (Å²) in [6, 6.07) is 0. The molecule has 2 saturated carbocycles. The van der Waals surface area contributed by atoms with Gasteiger partial charge in [-0.1, -0.05) is 0 Å². The lowest BCUT2D eigenvalue weighted by atomic mass is 9.72. The average molecular weight is 450 g/mol. The Bertz CT molecular complexity index is 853. The Hall–Kier alpha value is -1.83. The van der Waals surface area contributed by atoms with Gasteiger partial charge in [0.15, 0.2) is 0 Å². The third kappa shape index (κ3) is 3.39. The van der Waals surface area contributed by atoms with Crippen LogP contribution < -0.4 is 0 Å². The molecule has 7 unspecified atom stereocenters. The fourth-order valence-electron chi connectivity index (χ4n) is 4.77. The van der Waals surface area contributed by atoms with Crippen LogP contribution in [0, 0.1) is 29.6 Å². The van der Waals surface area contributed by atoms with Gasteiger partial charge in [-0.15, -0.1) is 0 Å². The molecule has 29 heavy (non-hydrogen) atoms. The Morgan fingerprint density at radius 3 is 2.31 bits per heavy atom. The van der Waals surface area contributed by atoms with Crippen LogP contribution in [0.1, 0.15) is 19.8 Å². The maximum atomic E-state index is 13.7. The molecule has 3 fully saturated rings. The van der Waals surface area contributed by atoms with Crippen molar-refractivity contribution in [2.45, 2.75) is 43.4 Å². The van der Waals surface area contributed by atoms with Crippen molar-refractivity contribution in [3.63, 3.8) is 0 Å². The highest BCUT2D eigenvalue weighted by Gasteiger charge is 2.71. The third-order valence-electron chi connectivity index (χ3n) is 5.75. The molecule has 1 saturated heterocycles. The molecule has 0 radical (unpaired) electrons. The highest BCUT2D eigenvalue weighted by molar-refractivity contribution is 7.86. The van der Waals surface area contributed by atoms with Gasteiger partial charge >= 0.3 is 33.5 Å².